The number of aryl methyl sites for hydroxylation is 1. The van der Waals surface area contributed by atoms with Gasteiger partial charge in [0, 0.05) is 45.8 Å². The molecule has 0 aliphatic carbocycles. The number of carbonyl (C=O) groups excluding carboxylic acids is 1. The number of morpholine rings is 1. The molecule has 1 N–H and O–H groups in total. The Kier molecular flexibility index (Phi) is 6.82. The lowest BCUT2D eigenvalue weighted by atomic mass is 9.73. The van der Waals surface area contributed by atoms with Crippen molar-refractivity contribution in [3.05, 3.63) is 71.3 Å². The number of rotatable bonds is 8. The Morgan fingerprint density at radius 2 is 1.70 bits per heavy atom. The van der Waals surface area contributed by atoms with Crippen molar-refractivity contribution in [3.8, 4) is 0 Å². The number of hydrogen-bond donors (Lipinski definition) is 1. The summed E-state index contributed by atoms with van der Waals surface area (Å²) in [4.78, 5) is 18.0. The molecule has 0 radical (unpaired) electrons. The molecule has 2 aromatic carbocycles. The van der Waals surface area contributed by atoms with Crippen molar-refractivity contribution >= 4 is 5.91 Å². The van der Waals surface area contributed by atoms with Gasteiger partial charge in [-0.15, -0.1) is 0 Å². The minimum atomic E-state index is -0.338. The van der Waals surface area contributed by atoms with Crippen molar-refractivity contribution in [2.75, 3.05) is 52.5 Å². The second kappa shape index (κ2) is 9.73. The molecule has 2 heterocycles. The summed E-state index contributed by atoms with van der Waals surface area (Å²) in [6.07, 6.45) is 0.793. The fourth-order valence-corrected chi connectivity index (χ4v) is 4.61. The first-order chi connectivity index (χ1) is 14.6. The minimum absolute atomic E-state index is 0.195. The normalized spacial score (nSPS) is 19.2. The van der Waals surface area contributed by atoms with Crippen molar-refractivity contribution in [3.63, 3.8) is 0 Å². The molecule has 30 heavy (non-hydrogen) atoms. The molecule has 1 amide bonds. The van der Waals surface area contributed by atoms with Crippen LogP contribution in [0.4, 0.5) is 0 Å². The van der Waals surface area contributed by atoms with Crippen LogP contribution in [-0.2, 0) is 22.5 Å². The number of nitrogens with zero attached hydrogens (tertiary/aromatic N) is 2. The van der Waals surface area contributed by atoms with Crippen LogP contribution in [0.15, 0.2) is 54.6 Å². The molecule has 2 saturated heterocycles. The highest BCUT2D eigenvalue weighted by Crippen LogP contribution is 2.36. The Bertz CT molecular complexity index is 827. The molecule has 0 unspecified atom stereocenters. The van der Waals surface area contributed by atoms with E-state index in [4.69, 9.17) is 4.74 Å². The summed E-state index contributed by atoms with van der Waals surface area (Å²) in [6, 6.07) is 18.9. The second-order valence-corrected chi connectivity index (χ2v) is 8.72. The monoisotopic (exact) mass is 407 g/mol. The SMILES string of the molecule is Cc1ccccc1CN1CC(Cc2ccccc2)(C(=O)NCCN2CCOCC2)C1. The standard InChI is InChI=1S/C25H33N3O2/c1-21-7-5-6-10-23(21)18-28-19-25(20-28,17-22-8-3-2-4-9-22)24(29)26-11-12-27-13-15-30-16-14-27/h2-10H,11-20H2,1H3,(H,26,29). The maximum atomic E-state index is 13.3. The molecule has 2 aliphatic heterocycles. The molecule has 5 heteroatoms. The fraction of sp³-hybridized carbons (Fsp3) is 0.480. The van der Waals surface area contributed by atoms with Gasteiger partial charge in [0.2, 0.25) is 5.91 Å². The van der Waals surface area contributed by atoms with E-state index in [1.165, 1.54) is 16.7 Å². The zero-order valence-corrected chi connectivity index (χ0v) is 18.0. The molecule has 5 nitrogen and oxygen atoms in total. The van der Waals surface area contributed by atoms with Crippen molar-refractivity contribution in [2.24, 2.45) is 5.41 Å². The summed E-state index contributed by atoms with van der Waals surface area (Å²) in [5.41, 5.74) is 3.55. The first-order valence-electron chi connectivity index (χ1n) is 11.0. The maximum absolute atomic E-state index is 13.3. The highest BCUT2D eigenvalue weighted by Gasteiger charge is 2.48. The van der Waals surface area contributed by atoms with Gasteiger partial charge in [0.25, 0.3) is 0 Å². The van der Waals surface area contributed by atoms with E-state index in [0.29, 0.717) is 6.54 Å². The quantitative estimate of drug-likeness (QED) is 0.730. The van der Waals surface area contributed by atoms with E-state index in [-0.39, 0.29) is 11.3 Å². The molecule has 2 fully saturated rings. The molecule has 0 saturated carbocycles. The van der Waals surface area contributed by atoms with Gasteiger partial charge in [-0.1, -0.05) is 54.6 Å². The number of hydrogen-bond acceptors (Lipinski definition) is 4. The van der Waals surface area contributed by atoms with Gasteiger partial charge in [-0.3, -0.25) is 14.6 Å². The number of ether oxygens (including phenoxy) is 1. The van der Waals surface area contributed by atoms with Crippen LogP contribution in [0.5, 0.6) is 0 Å². The van der Waals surface area contributed by atoms with Crippen LogP contribution < -0.4 is 5.32 Å². The minimum Gasteiger partial charge on any atom is -0.379 e. The highest BCUT2D eigenvalue weighted by molar-refractivity contribution is 5.84. The third kappa shape index (κ3) is 5.09. The van der Waals surface area contributed by atoms with Crippen molar-refractivity contribution < 1.29 is 9.53 Å². The molecule has 0 atom stereocenters. The van der Waals surface area contributed by atoms with Crippen LogP contribution in [0, 0.1) is 12.3 Å². The third-order valence-electron chi connectivity index (χ3n) is 6.39. The predicted molar refractivity (Wildman–Crippen MR) is 119 cm³/mol. The van der Waals surface area contributed by atoms with Crippen LogP contribution in [0.3, 0.4) is 0 Å². The van der Waals surface area contributed by atoms with Gasteiger partial charge in [-0.25, -0.2) is 0 Å². The summed E-state index contributed by atoms with van der Waals surface area (Å²) in [5, 5.41) is 3.24. The average molecular weight is 408 g/mol. The third-order valence-corrected chi connectivity index (χ3v) is 6.39. The Morgan fingerprint density at radius 1 is 1.00 bits per heavy atom. The molecule has 0 spiro atoms. The first-order valence-corrected chi connectivity index (χ1v) is 11.0. The van der Waals surface area contributed by atoms with E-state index < -0.39 is 0 Å². The van der Waals surface area contributed by atoms with Crippen LogP contribution >= 0.6 is 0 Å². The number of nitrogens with one attached hydrogen (secondary N) is 1. The smallest absolute Gasteiger partial charge is 0.229 e. The Labute approximate surface area is 180 Å². The van der Waals surface area contributed by atoms with Gasteiger partial charge in [-0.2, -0.15) is 0 Å². The number of amides is 1. The van der Waals surface area contributed by atoms with Crippen molar-refractivity contribution in [2.45, 2.75) is 19.9 Å². The Hall–Kier alpha value is -2.21. The van der Waals surface area contributed by atoms with Gasteiger partial charge in [0.15, 0.2) is 0 Å². The Morgan fingerprint density at radius 3 is 2.43 bits per heavy atom. The van der Waals surface area contributed by atoms with E-state index >= 15 is 0 Å². The summed E-state index contributed by atoms with van der Waals surface area (Å²) in [6.45, 7) is 9.76. The number of carbonyl (C=O) groups is 1. The lowest BCUT2D eigenvalue weighted by Crippen LogP contribution is -2.64. The zero-order valence-electron chi connectivity index (χ0n) is 18.0. The van der Waals surface area contributed by atoms with Gasteiger partial charge in [0.1, 0.15) is 0 Å². The average Bonchev–Trinajstić information content (AvgIpc) is 2.75. The topological polar surface area (TPSA) is 44.8 Å². The largest absolute Gasteiger partial charge is 0.379 e. The van der Waals surface area contributed by atoms with Gasteiger partial charge in [0.05, 0.1) is 18.6 Å². The molecule has 2 aromatic rings. The van der Waals surface area contributed by atoms with Gasteiger partial charge in [-0.05, 0) is 30.0 Å². The second-order valence-electron chi connectivity index (χ2n) is 8.72. The van der Waals surface area contributed by atoms with E-state index in [0.717, 1.165) is 58.9 Å². The Balaban J connectivity index is 1.37. The van der Waals surface area contributed by atoms with E-state index in [1.807, 2.05) is 6.07 Å². The predicted octanol–water partition coefficient (Wildman–Crippen LogP) is 2.49. The number of likely N-dealkylation sites (tertiary alicyclic amines) is 1. The van der Waals surface area contributed by atoms with Crippen LogP contribution in [0.25, 0.3) is 0 Å². The highest BCUT2D eigenvalue weighted by atomic mass is 16.5. The van der Waals surface area contributed by atoms with Crippen LogP contribution in [-0.4, -0.2) is 68.2 Å². The molecule has 160 valence electrons. The molecule has 4 rings (SSSR count). The molecule has 2 aliphatic rings. The number of benzene rings is 2. The van der Waals surface area contributed by atoms with Crippen molar-refractivity contribution in [1.29, 1.82) is 0 Å². The molecular weight excluding hydrogens is 374 g/mol. The summed E-state index contributed by atoms with van der Waals surface area (Å²) < 4.78 is 5.41. The van der Waals surface area contributed by atoms with Crippen LogP contribution in [0.1, 0.15) is 16.7 Å². The van der Waals surface area contributed by atoms with E-state index in [9.17, 15) is 4.79 Å². The molecule has 0 bridgehead atoms. The lowest BCUT2D eigenvalue weighted by molar-refractivity contribution is -0.142. The van der Waals surface area contributed by atoms with Gasteiger partial charge >= 0.3 is 0 Å². The molecule has 0 aromatic heterocycles. The zero-order chi connectivity index (χ0) is 20.8. The summed E-state index contributed by atoms with van der Waals surface area (Å²) >= 11 is 0. The summed E-state index contributed by atoms with van der Waals surface area (Å²) in [5.74, 6) is 0.195. The van der Waals surface area contributed by atoms with E-state index in [1.54, 1.807) is 0 Å². The van der Waals surface area contributed by atoms with Gasteiger partial charge < -0.3 is 10.1 Å². The fourth-order valence-electron chi connectivity index (χ4n) is 4.61. The summed E-state index contributed by atoms with van der Waals surface area (Å²) in [7, 11) is 0. The molecular formula is C25H33N3O2. The van der Waals surface area contributed by atoms with Crippen molar-refractivity contribution in [1.82, 2.24) is 15.1 Å². The lowest BCUT2D eigenvalue weighted by Gasteiger charge is -2.49. The maximum Gasteiger partial charge on any atom is 0.229 e. The van der Waals surface area contributed by atoms with E-state index in [2.05, 4.69) is 70.6 Å². The first kappa shape index (κ1) is 21.0. The van der Waals surface area contributed by atoms with Crippen LogP contribution in [0.2, 0.25) is 0 Å².